The summed E-state index contributed by atoms with van der Waals surface area (Å²) < 4.78 is 6.47. The first-order valence-corrected chi connectivity index (χ1v) is 6.76. The number of carbonyl (C=O) groups is 1. The molecule has 7 nitrogen and oxygen atoms in total. The molecule has 2 aromatic rings. The number of rotatable bonds is 6. The van der Waals surface area contributed by atoms with Crippen LogP contribution >= 0.6 is 11.6 Å². The second kappa shape index (κ2) is 5.24. The van der Waals surface area contributed by atoms with Crippen LogP contribution < -0.4 is 0 Å². The maximum absolute atomic E-state index is 10.9. The molecule has 2 aromatic heterocycles. The predicted octanol–water partition coefficient (Wildman–Crippen LogP) is 1.67. The molecule has 20 heavy (non-hydrogen) atoms. The summed E-state index contributed by atoms with van der Waals surface area (Å²) in [4.78, 5) is 15.3. The summed E-state index contributed by atoms with van der Waals surface area (Å²) in [5.41, 5.74) is 0. The van der Waals surface area contributed by atoms with Crippen molar-refractivity contribution in [1.82, 2.24) is 19.9 Å². The minimum absolute atomic E-state index is 0.174. The number of hydrogen-bond donors (Lipinski definition) is 1. The van der Waals surface area contributed by atoms with Gasteiger partial charge < -0.3 is 9.63 Å². The van der Waals surface area contributed by atoms with E-state index in [9.17, 15) is 4.79 Å². The summed E-state index contributed by atoms with van der Waals surface area (Å²) >= 11 is 5.68. The first-order chi connectivity index (χ1) is 9.61. The summed E-state index contributed by atoms with van der Waals surface area (Å²) in [5.74, 6) is 1.51. The lowest BCUT2D eigenvalue weighted by molar-refractivity contribution is -0.137. The fourth-order valence-corrected chi connectivity index (χ4v) is 2.14. The molecule has 0 bridgehead atoms. The Morgan fingerprint density at radius 1 is 1.50 bits per heavy atom. The van der Waals surface area contributed by atoms with E-state index >= 15 is 0 Å². The zero-order valence-corrected chi connectivity index (χ0v) is 11.4. The van der Waals surface area contributed by atoms with Crippen LogP contribution in [0.5, 0.6) is 0 Å². The van der Waals surface area contributed by atoms with Gasteiger partial charge in [0.2, 0.25) is 0 Å². The van der Waals surface area contributed by atoms with E-state index in [1.165, 1.54) is 4.68 Å². The van der Waals surface area contributed by atoms with Crippen molar-refractivity contribution in [1.29, 1.82) is 0 Å². The molecule has 1 fully saturated rings. The van der Waals surface area contributed by atoms with Crippen molar-refractivity contribution in [2.24, 2.45) is 0 Å². The molecular formula is C12H13ClN4O3. The van der Waals surface area contributed by atoms with Crippen LogP contribution in [0.2, 0.25) is 5.15 Å². The molecule has 0 atom stereocenters. The van der Waals surface area contributed by atoms with Crippen LogP contribution in [0.15, 0.2) is 10.6 Å². The van der Waals surface area contributed by atoms with E-state index in [2.05, 4.69) is 15.2 Å². The molecule has 3 rings (SSSR count). The molecule has 0 amide bonds. The maximum Gasteiger partial charge on any atom is 0.325 e. The third-order valence-electron chi connectivity index (χ3n) is 3.12. The summed E-state index contributed by atoms with van der Waals surface area (Å²) in [6.45, 7) is -0.174. The van der Waals surface area contributed by atoms with Crippen LogP contribution in [-0.2, 0) is 24.2 Å². The number of carboxylic acid groups (broad SMARTS) is 1. The fourth-order valence-electron chi connectivity index (χ4n) is 1.99. The van der Waals surface area contributed by atoms with E-state index < -0.39 is 5.97 Å². The number of halogens is 1. The normalized spacial score (nSPS) is 14.7. The lowest BCUT2D eigenvalue weighted by atomic mass is 10.2. The highest BCUT2D eigenvalue weighted by Crippen LogP contribution is 2.38. The lowest BCUT2D eigenvalue weighted by Gasteiger charge is -2.01. The minimum atomic E-state index is -0.929. The van der Waals surface area contributed by atoms with Gasteiger partial charge in [-0.15, -0.1) is 0 Å². The summed E-state index contributed by atoms with van der Waals surface area (Å²) in [6, 6.07) is 1.64. The molecule has 0 radical (unpaired) electrons. The molecule has 2 heterocycles. The first kappa shape index (κ1) is 13.1. The quantitative estimate of drug-likeness (QED) is 0.871. The highest BCUT2D eigenvalue weighted by molar-refractivity contribution is 6.29. The zero-order valence-electron chi connectivity index (χ0n) is 10.6. The van der Waals surface area contributed by atoms with Crippen molar-refractivity contribution in [2.45, 2.75) is 38.1 Å². The second-order valence-electron chi connectivity index (χ2n) is 4.83. The topological polar surface area (TPSA) is 94.0 Å². The van der Waals surface area contributed by atoms with Crippen LogP contribution in [-0.4, -0.2) is 31.0 Å². The maximum atomic E-state index is 10.9. The highest BCUT2D eigenvalue weighted by Gasteiger charge is 2.29. The van der Waals surface area contributed by atoms with E-state index in [-0.39, 0.29) is 6.54 Å². The Bertz CT molecular complexity index is 632. The van der Waals surface area contributed by atoms with E-state index in [0.29, 0.717) is 35.5 Å². The lowest BCUT2D eigenvalue weighted by Crippen LogP contribution is -2.14. The Morgan fingerprint density at radius 2 is 2.30 bits per heavy atom. The van der Waals surface area contributed by atoms with Gasteiger partial charge in [0.1, 0.15) is 18.1 Å². The van der Waals surface area contributed by atoms with Crippen molar-refractivity contribution in [3.05, 3.63) is 28.6 Å². The van der Waals surface area contributed by atoms with Gasteiger partial charge in [-0.2, -0.15) is 5.10 Å². The molecule has 0 aliphatic heterocycles. The molecule has 1 N–H and O–H groups in total. The van der Waals surface area contributed by atoms with Crippen LogP contribution in [0.3, 0.4) is 0 Å². The van der Waals surface area contributed by atoms with Gasteiger partial charge in [0.05, 0.1) is 0 Å². The van der Waals surface area contributed by atoms with Crippen molar-refractivity contribution < 1.29 is 14.4 Å². The molecule has 1 aliphatic rings. The van der Waals surface area contributed by atoms with Crippen LogP contribution in [0, 0.1) is 0 Å². The molecule has 0 unspecified atom stereocenters. The Kier molecular flexibility index (Phi) is 3.43. The van der Waals surface area contributed by atoms with E-state index in [1.54, 1.807) is 6.07 Å². The van der Waals surface area contributed by atoms with Crippen LogP contribution in [0.25, 0.3) is 0 Å². The van der Waals surface area contributed by atoms with Crippen LogP contribution in [0.1, 0.15) is 36.2 Å². The Labute approximate surface area is 119 Å². The molecular weight excluding hydrogens is 284 g/mol. The van der Waals surface area contributed by atoms with Gasteiger partial charge in [-0.1, -0.05) is 16.8 Å². The first-order valence-electron chi connectivity index (χ1n) is 6.38. The van der Waals surface area contributed by atoms with Gasteiger partial charge in [0.25, 0.3) is 0 Å². The minimum Gasteiger partial charge on any atom is -0.480 e. The Hall–Kier alpha value is -1.89. The Balaban J connectivity index is 1.74. The predicted molar refractivity (Wildman–Crippen MR) is 68.6 cm³/mol. The SMILES string of the molecule is O=C(O)Cn1nc(C2CC2)nc1CCc1cc(Cl)no1. The second-order valence-corrected chi connectivity index (χ2v) is 5.22. The third kappa shape index (κ3) is 2.98. The summed E-state index contributed by atoms with van der Waals surface area (Å²) in [7, 11) is 0. The number of nitrogens with zero attached hydrogens (tertiary/aromatic N) is 4. The van der Waals surface area contributed by atoms with Gasteiger partial charge >= 0.3 is 5.97 Å². The van der Waals surface area contributed by atoms with Crippen molar-refractivity contribution in [3.63, 3.8) is 0 Å². The zero-order chi connectivity index (χ0) is 14.1. The average molecular weight is 297 g/mol. The number of hydrogen-bond acceptors (Lipinski definition) is 5. The van der Waals surface area contributed by atoms with Gasteiger partial charge in [0.15, 0.2) is 11.0 Å². The molecule has 0 saturated heterocycles. The Morgan fingerprint density at radius 3 is 2.90 bits per heavy atom. The van der Waals surface area contributed by atoms with E-state index in [0.717, 1.165) is 18.7 Å². The number of aliphatic carboxylic acids is 1. The number of carboxylic acids is 1. The van der Waals surface area contributed by atoms with E-state index in [1.807, 2.05) is 0 Å². The summed E-state index contributed by atoms with van der Waals surface area (Å²) in [5, 5.41) is 17.1. The molecule has 8 heteroatoms. The molecule has 0 spiro atoms. The smallest absolute Gasteiger partial charge is 0.325 e. The van der Waals surface area contributed by atoms with Gasteiger partial charge in [-0.05, 0) is 12.8 Å². The fraction of sp³-hybridized carbons (Fsp3) is 0.500. The van der Waals surface area contributed by atoms with Crippen molar-refractivity contribution in [2.75, 3.05) is 0 Å². The third-order valence-corrected chi connectivity index (χ3v) is 3.30. The van der Waals surface area contributed by atoms with Crippen LogP contribution in [0.4, 0.5) is 0 Å². The standard InChI is InChI=1S/C12H13ClN4O3/c13-9-5-8(20-16-9)3-4-10-14-12(7-1-2-7)15-17(10)6-11(18)19/h5,7H,1-4,6H2,(H,18,19). The van der Waals surface area contributed by atoms with Crippen molar-refractivity contribution >= 4 is 17.6 Å². The number of aromatic nitrogens is 4. The molecule has 106 valence electrons. The average Bonchev–Trinajstić information content (AvgIpc) is 3.04. The van der Waals surface area contributed by atoms with Gasteiger partial charge in [0, 0.05) is 24.8 Å². The number of aryl methyl sites for hydroxylation is 2. The monoisotopic (exact) mass is 296 g/mol. The molecule has 1 saturated carbocycles. The largest absolute Gasteiger partial charge is 0.480 e. The molecule has 0 aromatic carbocycles. The summed E-state index contributed by atoms with van der Waals surface area (Å²) in [6.07, 6.45) is 3.25. The van der Waals surface area contributed by atoms with Gasteiger partial charge in [-0.3, -0.25) is 4.79 Å². The van der Waals surface area contributed by atoms with E-state index in [4.69, 9.17) is 21.2 Å². The van der Waals surface area contributed by atoms with Crippen molar-refractivity contribution in [3.8, 4) is 0 Å². The molecule has 1 aliphatic carbocycles. The highest BCUT2D eigenvalue weighted by atomic mass is 35.5. The van der Waals surface area contributed by atoms with Gasteiger partial charge in [-0.25, -0.2) is 9.67 Å².